The summed E-state index contributed by atoms with van der Waals surface area (Å²) in [7, 11) is 1.46. The van der Waals surface area contributed by atoms with Crippen molar-refractivity contribution in [3.05, 3.63) is 107 Å². The molecule has 2 amide bonds. The van der Waals surface area contributed by atoms with Gasteiger partial charge in [0.25, 0.3) is 0 Å². The molecule has 3 aromatic carbocycles. The monoisotopic (exact) mass is 571 g/mol. The zero-order valence-corrected chi connectivity index (χ0v) is 21.1. The first-order chi connectivity index (χ1) is 19.5. The Labute approximate surface area is 229 Å². The van der Waals surface area contributed by atoms with Gasteiger partial charge in [0, 0.05) is 23.1 Å². The van der Waals surface area contributed by atoms with E-state index < -0.39 is 35.5 Å². The number of ether oxygens (including phenoxy) is 1. The van der Waals surface area contributed by atoms with Crippen molar-refractivity contribution >= 4 is 17.9 Å². The molecule has 0 aliphatic carbocycles. The minimum Gasteiger partial charge on any atom is -0.497 e. The summed E-state index contributed by atoms with van der Waals surface area (Å²) in [5, 5.41) is 13.1. The number of halogens is 4. The molecule has 0 aliphatic heterocycles. The smallest absolute Gasteiger partial charge is 0.420 e. The van der Waals surface area contributed by atoms with E-state index in [4.69, 9.17) is 9.84 Å². The predicted molar refractivity (Wildman–Crippen MR) is 137 cm³/mol. The Kier molecular flexibility index (Phi) is 8.33. The number of rotatable bonds is 8. The van der Waals surface area contributed by atoms with Crippen LogP contribution in [0, 0.1) is 5.82 Å². The van der Waals surface area contributed by atoms with Gasteiger partial charge in [-0.25, -0.2) is 19.4 Å². The summed E-state index contributed by atoms with van der Waals surface area (Å²) in [6, 6.07) is 14.2. The quantitative estimate of drug-likeness (QED) is 0.136. The molecule has 1 heterocycles. The first-order valence-electron chi connectivity index (χ1n) is 11.7. The first kappa shape index (κ1) is 28.8. The van der Waals surface area contributed by atoms with E-state index in [0.29, 0.717) is 21.6 Å². The number of alkyl halides is 3. The minimum absolute atomic E-state index is 0.000295. The molecule has 0 radical (unpaired) electrons. The summed E-state index contributed by atoms with van der Waals surface area (Å²) in [6.07, 6.45) is -6.17. The van der Waals surface area contributed by atoms with E-state index >= 15 is 0 Å². The highest BCUT2D eigenvalue weighted by Crippen LogP contribution is 2.32. The van der Waals surface area contributed by atoms with Crippen molar-refractivity contribution in [1.29, 1.82) is 0 Å². The second-order valence-electron chi connectivity index (χ2n) is 8.51. The highest BCUT2D eigenvalue weighted by Gasteiger charge is 2.32. The maximum atomic E-state index is 13.8. The number of nitrogens with zero attached hydrogens (tertiary/aromatic N) is 2. The molecule has 0 fully saturated rings. The molecule has 0 saturated heterocycles. The molecule has 0 aliphatic rings. The Balaban J connectivity index is 1.90. The Bertz CT molecular complexity index is 1590. The van der Waals surface area contributed by atoms with E-state index in [9.17, 15) is 31.9 Å². The van der Waals surface area contributed by atoms with Crippen LogP contribution in [0.5, 0.6) is 5.75 Å². The minimum atomic E-state index is -4.64. The van der Waals surface area contributed by atoms with Crippen LogP contribution in [0.3, 0.4) is 0 Å². The summed E-state index contributed by atoms with van der Waals surface area (Å²) in [4.78, 5) is 37.7. The van der Waals surface area contributed by atoms with E-state index in [1.807, 2.05) is 11.0 Å². The van der Waals surface area contributed by atoms with Crippen LogP contribution < -0.4 is 21.1 Å². The van der Waals surface area contributed by atoms with Gasteiger partial charge in [0.2, 0.25) is 5.78 Å². The Morgan fingerprint density at radius 2 is 1.66 bits per heavy atom. The van der Waals surface area contributed by atoms with Gasteiger partial charge < -0.3 is 9.84 Å². The lowest BCUT2D eigenvalue weighted by Crippen LogP contribution is -2.50. The summed E-state index contributed by atoms with van der Waals surface area (Å²) in [6.45, 7) is 0. The van der Waals surface area contributed by atoms with Gasteiger partial charge in [-0.2, -0.15) is 23.0 Å². The summed E-state index contributed by atoms with van der Waals surface area (Å²) in [5.74, 6) is -0.903. The fraction of sp³-hybridized carbons (Fsp3) is 0.111. The van der Waals surface area contributed by atoms with Crippen molar-refractivity contribution in [3.8, 4) is 17.0 Å². The van der Waals surface area contributed by atoms with Gasteiger partial charge in [0.1, 0.15) is 17.3 Å². The molecular formula is C27H21F4N5O5. The van der Waals surface area contributed by atoms with Crippen molar-refractivity contribution in [2.45, 2.75) is 12.6 Å². The third-order valence-electron chi connectivity index (χ3n) is 5.84. The van der Waals surface area contributed by atoms with Crippen LogP contribution >= 0.6 is 0 Å². The highest BCUT2D eigenvalue weighted by molar-refractivity contribution is 6.11. The molecule has 0 atom stereocenters. The van der Waals surface area contributed by atoms with Crippen LogP contribution in [0.25, 0.3) is 11.3 Å². The van der Waals surface area contributed by atoms with Gasteiger partial charge in [0.05, 0.1) is 18.4 Å². The second kappa shape index (κ2) is 11.9. The zero-order chi connectivity index (χ0) is 29.7. The maximum Gasteiger partial charge on any atom is 0.420 e. The average molecular weight is 571 g/mol. The van der Waals surface area contributed by atoms with Gasteiger partial charge in [-0.15, -0.1) is 5.53 Å². The Morgan fingerprint density at radius 3 is 2.27 bits per heavy atom. The number of hydrogen-bond acceptors (Lipinski definition) is 6. The summed E-state index contributed by atoms with van der Waals surface area (Å²) >= 11 is 0. The van der Waals surface area contributed by atoms with E-state index in [0.717, 1.165) is 36.4 Å². The molecular weight excluding hydrogens is 550 g/mol. The van der Waals surface area contributed by atoms with E-state index in [-0.39, 0.29) is 28.9 Å². The van der Waals surface area contributed by atoms with Crippen LogP contribution in [-0.2, 0) is 12.6 Å². The molecule has 0 saturated carbocycles. The fourth-order valence-electron chi connectivity index (χ4n) is 3.96. The van der Waals surface area contributed by atoms with Gasteiger partial charge in [-0.1, -0.05) is 24.3 Å². The zero-order valence-electron chi connectivity index (χ0n) is 21.1. The SMILES string of the molecule is COc1cccc(Cc2c(-c3ccc(F)cc3)nn(C(=O)NNNC(=O)O)c2C(=O)c2ccc(C(F)(F)F)cc2)c1. The Hall–Kier alpha value is -5.24. The second-order valence-corrected chi connectivity index (χ2v) is 8.51. The number of carboxylic acid groups (broad SMARTS) is 1. The third kappa shape index (κ3) is 6.67. The molecule has 0 spiro atoms. The molecule has 10 nitrogen and oxygen atoms in total. The standard InChI is InChI=1S/C27H21F4N5O5/c1-41-20-4-2-3-15(13-20)14-21-22(16-7-11-19(28)12-8-16)34-36(25(38)32-35-33-26(39)40)23(21)24(37)17-5-9-18(10-6-17)27(29,30)31/h2-13,33,35H,14H2,1H3,(H,32,38)(H,39,40). The lowest BCUT2D eigenvalue weighted by Gasteiger charge is -2.12. The van der Waals surface area contributed by atoms with E-state index in [1.165, 1.54) is 19.2 Å². The molecule has 14 heteroatoms. The van der Waals surface area contributed by atoms with E-state index in [2.05, 4.69) is 5.10 Å². The molecule has 4 N–H and O–H groups in total. The molecule has 41 heavy (non-hydrogen) atoms. The average Bonchev–Trinajstić information content (AvgIpc) is 3.31. The molecule has 4 aromatic rings. The van der Waals surface area contributed by atoms with Crippen molar-refractivity contribution in [2.24, 2.45) is 0 Å². The lowest BCUT2D eigenvalue weighted by molar-refractivity contribution is -0.137. The number of carbonyl (C=O) groups excluding carboxylic acids is 2. The molecule has 0 bridgehead atoms. The summed E-state index contributed by atoms with van der Waals surface area (Å²) < 4.78 is 59.0. The van der Waals surface area contributed by atoms with Crippen molar-refractivity contribution < 1.29 is 41.8 Å². The van der Waals surface area contributed by atoms with Gasteiger partial charge >= 0.3 is 18.3 Å². The molecule has 212 valence electrons. The number of hydrogen-bond donors (Lipinski definition) is 4. The van der Waals surface area contributed by atoms with Gasteiger partial charge in [-0.05, 0) is 54.1 Å². The van der Waals surface area contributed by atoms with Crippen LogP contribution in [0.15, 0.2) is 72.8 Å². The molecule has 1 aromatic heterocycles. The van der Waals surface area contributed by atoms with Crippen LogP contribution in [0.1, 0.15) is 32.7 Å². The first-order valence-corrected chi connectivity index (χ1v) is 11.7. The molecule has 0 unspecified atom stereocenters. The maximum absolute atomic E-state index is 13.8. The molecule has 4 rings (SSSR count). The van der Waals surface area contributed by atoms with Gasteiger partial charge in [-0.3, -0.25) is 10.2 Å². The van der Waals surface area contributed by atoms with Crippen LogP contribution in [-0.4, -0.2) is 39.9 Å². The normalized spacial score (nSPS) is 11.1. The topological polar surface area (TPSA) is 135 Å². The lowest BCUT2D eigenvalue weighted by atomic mass is 9.95. The largest absolute Gasteiger partial charge is 0.497 e. The Morgan fingerprint density at radius 1 is 0.976 bits per heavy atom. The predicted octanol–water partition coefficient (Wildman–Crippen LogP) is 4.78. The number of amides is 2. The van der Waals surface area contributed by atoms with Crippen LogP contribution in [0.4, 0.5) is 27.2 Å². The number of carbonyl (C=O) groups is 3. The van der Waals surface area contributed by atoms with Crippen molar-refractivity contribution in [3.63, 3.8) is 0 Å². The third-order valence-corrected chi connectivity index (χ3v) is 5.84. The number of methoxy groups -OCH3 is 1. The number of hydrazine groups is 2. The highest BCUT2D eigenvalue weighted by atomic mass is 19.4. The number of ketones is 1. The number of nitrogens with one attached hydrogen (secondary N) is 3. The van der Waals surface area contributed by atoms with Gasteiger partial charge in [0.15, 0.2) is 0 Å². The summed E-state index contributed by atoms with van der Waals surface area (Å²) in [5.41, 5.74) is 5.44. The van der Waals surface area contributed by atoms with E-state index in [1.54, 1.807) is 29.7 Å². The van der Waals surface area contributed by atoms with Crippen molar-refractivity contribution in [2.75, 3.05) is 7.11 Å². The van der Waals surface area contributed by atoms with Crippen LogP contribution in [0.2, 0.25) is 0 Å². The van der Waals surface area contributed by atoms with Crippen molar-refractivity contribution in [1.82, 2.24) is 26.2 Å². The fourth-order valence-corrected chi connectivity index (χ4v) is 3.96. The number of aromatic nitrogens is 2. The number of benzene rings is 3.